The molecule has 0 radical (unpaired) electrons. The van der Waals surface area contributed by atoms with Crippen LogP contribution >= 0.6 is 27.5 Å². The highest BCUT2D eigenvalue weighted by Gasteiger charge is 2.36. The predicted molar refractivity (Wildman–Crippen MR) is 99.6 cm³/mol. The van der Waals surface area contributed by atoms with Crippen LogP contribution in [-0.2, 0) is 16.4 Å². The summed E-state index contributed by atoms with van der Waals surface area (Å²) in [6, 6.07) is 10.1. The number of sulfonamides is 1. The van der Waals surface area contributed by atoms with Crippen LogP contribution in [0.25, 0.3) is 0 Å². The highest BCUT2D eigenvalue weighted by Crippen LogP contribution is 2.39. The lowest BCUT2D eigenvalue weighted by molar-refractivity contribution is 0.340. The summed E-state index contributed by atoms with van der Waals surface area (Å²) >= 11 is 9.60. The third-order valence-electron chi connectivity index (χ3n) is 3.95. The summed E-state index contributed by atoms with van der Waals surface area (Å²) in [6.45, 7) is 4.22. The van der Waals surface area contributed by atoms with Gasteiger partial charge in [-0.25, -0.2) is 8.42 Å². The van der Waals surface area contributed by atoms with Crippen molar-refractivity contribution in [3.05, 3.63) is 51.5 Å². The van der Waals surface area contributed by atoms with E-state index in [1.165, 1.54) is 16.4 Å². The lowest BCUT2D eigenvalue weighted by atomic mass is 10.1. The van der Waals surface area contributed by atoms with E-state index in [1.807, 2.05) is 32.0 Å². The van der Waals surface area contributed by atoms with Crippen LogP contribution in [0.15, 0.2) is 45.8 Å². The van der Waals surface area contributed by atoms with Crippen LogP contribution < -0.4 is 9.04 Å². The Hall–Kier alpha value is -1.24. The molecule has 4 nitrogen and oxygen atoms in total. The molecular weight excluding hydrogens is 414 g/mol. The molecule has 0 fully saturated rings. The summed E-state index contributed by atoms with van der Waals surface area (Å²) in [5.41, 5.74) is 1.73. The van der Waals surface area contributed by atoms with Crippen LogP contribution in [0.3, 0.4) is 0 Å². The zero-order chi connectivity index (χ0) is 17.5. The van der Waals surface area contributed by atoms with Crippen molar-refractivity contribution in [1.29, 1.82) is 0 Å². The van der Waals surface area contributed by atoms with Gasteiger partial charge in [-0.2, -0.15) is 0 Å². The van der Waals surface area contributed by atoms with Crippen LogP contribution in [0.1, 0.15) is 19.4 Å². The van der Waals surface area contributed by atoms with E-state index < -0.39 is 10.0 Å². The van der Waals surface area contributed by atoms with Crippen molar-refractivity contribution in [2.24, 2.45) is 0 Å². The molecule has 24 heavy (non-hydrogen) atoms. The van der Waals surface area contributed by atoms with Gasteiger partial charge in [-0.3, -0.25) is 4.31 Å². The molecule has 1 aliphatic rings. The van der Waals surface area contributed by atoms with Crippen LogP contribution in [-0.4, -0.2) is 21.1 Å². The van der Waals surface area contributed by atoms with Gasteiger partial charge in [0.15, 0.2) is 0 Å². The molecule has 0 aromatic heterocycles. The Kier molecular flexibility index (Phi) is 4.82. The number of fused-ring (bicyclic) bond motifs is 1. The van der Waals surface area contributed by atoms with Crippen LogP contribution in [0.5, 0.6) is 5.75 Å². The standard InChI is InChI=1S/C17H17BrClNO3S/c1-3-23-17-7-5-14(10-15(17)19)24(21,22)20-11(2)8-12-9-13(18)4-6-16(12)20/h4-7,9-11H,3,8H2,1-2H3/t11-/m0/s1. The second kappa shape index (κ2) is 6.58. The first-order valence-corrected chi connectivity index (χ1v) is 10.2. The minimum Gasteiger partial charge on any atom is -0.492 e. The van der Waals surface area contributed by atoms with Crippen molar-refractivity contribution in [1.82, 2.24) is 0 Å². The fraction of sp³-hybridized carbons (Fsp3) is 0.294. The van der Waals surface area contributed by atoms with Crippen molar-refractivity contribution in [2.45, 2.75) is 31.2 Å². The Labute approximate surface area is 155 Å². The first-order valence-electron chi connectivity index (χ1n) is 7.59. The lowest BCUT2D eigenvalue weighted by Crippen LogP contribution is -2.35. The largest absolute Gasteiger partial charge is 0.492 e. The van der Waals surface area contributed by atoms with Gasteiger partial charge in [0.25, 0.3) is 10.0 Å². The molecule has 0 saturated heterocycles. The number of hydrogen-bond donors (Lipinski definition) is 0. The first kappa shape index (κ1) is 17.6. The van der Waals surface area contributed by atoms with E-state index in [0.29, 0.717) is 23.8 Å². The van der Waals surface area contributed by atoms with Gasteiger partial charge in [-0.1, -0.05) is 27.5 Å². The number of nitrogens with zero attached hydrogens (tertiary/aromatic N) is 1. The predicted octanol–water partition coefficient (Wildman–Crippen LogP) is 4.64. The zero-order valence-electron chi connectivity index (χ0n) is 13.3. The van der Waals surface area contributed by atoms with Gasteiger partial charge in [0.05, 0.1) is 22.2 Å². The number of halogens is 2. The molecule has 1 aliphatic heterocycles. The molecule has 2 aromatic rings. The molecular formula is C17H17BrClNO3S. The monoisotopic (exact) mass is 429 g/mol. The number of hydrogen-bond acceptors (Lipinski definition) is 3. The van der Waals surface area contributed by atoms with Crippen molar-refractivity contribution in [3.63, 3.8) is 0 Å². The molecule has 0 bridgehead atoms. The van der Waals surface area contributed by atoms with E-state index in [1.54, 1.807) is 6.07 Å². The van der Waals surface area contributed by atoms with Crippen molar-refractivity contribution >= 4 is 43.2 Å². The van der Waals surface area contributed by atoms with Gasteiger partial charge in [0, 0.05) is 10.5 Å². The smallest absolute Gasteiger partial charge is 0.264 e. The van der Waals surface area contributed by atoms with Crippen LogP contribution in [0, 0.1) is 0 Å². The lowest BCUT2D eigenvalue weighted by Gasteiger charge is -2.24. The van der Waals surface area contributed by atoms with E-state index in [4.69, 9.17) is 16.3 Å². The number of anilines is 1. The van der Waals surface area contributed by atoms with Gasteiger partial charge in [-0.05, 0) is 62.2 Å². The summed E-state index contributed by atoms with van der Waals surface area (Å²) in [7, 11) is -3.69. The SMILES string of the molecule is CCOc1ccc(S(=O)(=O)N2c3ccc(Br)cc3C[C@@H]2C)cc1Cl. The normalized spacial score (nSPS) is 17.0. The second-order valence-corrected chi connectivity index (χ2v) is 8.79. The molecule has 0 amide bonds. The fourth-order valence-corrected chi connectivity index (χ4v) is 5.39. The Morgan fingerprint density at radius 2 is 2.04 bits per heavy atom. The van der Waals surface area contributed by atoms with Gasteiger partial charge >= 0.3 is 0 Å². The molecule has 1 atom stereocenters. The topological polar surface area (TPSA) is 46.6 Å². The van der Waals surface area contributed by atoms with Crippen LogP contribution in [0.4, 0.5) is 5.69 Å². The Morgan fingerprint density at radius 3 is 2.71 bits per heavy atom. The van der Waals surface area contributed by atoms with Crippen molar-refractivity contribution in [2.75, 3.05) is 10.9 Å². The first-order chi connectivity index (χ1) is 11.3. The molecule has 128 valence electrons. The summed E-state index contributed by atoms with van der Waals surface area (Å²) in [5.74, 6) is 0.483. The molecule has 0 aliphatic carbocycles. The van der Waals surface area contributed by atoms with Gasteiger partial charge < -0.3 is 4.74 Å². The summed E-state index contributed by atoms with van der Waals surface area (Å²) in [6.07, 6.45) is 0.679. The maximum atomic E-state index is 13.1. The summed E-state index contributed by atoms with van der Waals surface area (Å²) in [4.78, 5) is 0.165. The second-order valence-electron chi connectivity index (χ2n) is 5.65. The molecule has 0 N–H and O–H groups in total. The Balaban J connectivity index is 2.04. The van der Waals surface area contributed by atoms with E-state index in [2.05, 4.69) is 15.9 Å². The maximum absolute atomic E-state index is 13.1. The van der Waals surface area contributed by atoms with E-state index in [9.17, 15) is 8.42 Å². The summed E-state index contributed by atoms with van der Waals surface area (Å²) in [5, 5.41) is 0.292. The molecule has 3 rings (SSSR count). The molecule has 0 spiro atoms. The third-order valence-corrected chi connectivity index (χ3v) is 6.67. The van der Waals surface area contributed by atoms with Gasteiger partial charge in [-0.15, -0.1) is 0 Å². The zero-order valence-corrected chi connectivity index (χ0v) is 16.5. The molecule has 2 aromatic carbocycles. The minimum atomic E-state index is -3.69. The third kappa shape index (κ3) is 3.03. The molecule has 1 heterocycles. The molecule has 7 heteroatoms. The highest BCUT2D eigenvalue weighted by atomic mass is 79.9. The Morgan fingerprint density at radius 1 is 1.29 bits per heavy atom. The minimum absolute atomic E-state index is 0.148. The summed E-state index contributed by atoms with van der Waals surface area (Å²) < 4.78 is 34.0. The average molecular weight is 431 g/mol. The van der Waals surface area contributed by atoms with Gasteiger partial charge in [0.2, 0.25) is 0 Å². The average Bonchev–Trinajstić information content (AvgIpc) is 2.84. The maximum Gasteiger partial charge on any atom is 0.264 e. The number of ether oxygens (including phenoxy) is 1. The fourth-order valence-electron chi connectivity index (χ4n) is 2.97. The number of rotatable bonds is 4. The van der Waals surface area contributed by atoms with Crippen molar-refractivity contribution in [3.8, 4) is 5.75 Å². The van der Waals surface area contributed by atoms with Gasteiger partial charge in [0.1, 0.15) is 5.75 Å². The Bertz CT molecular complexity index is 885. The van der Waals surface area contributed by atoms with Crippen molar-refractivity contribution < 1.29 is 13.2 Å². The highest BCUT2D eigenvalue weighted by molar-refractivity contribution is 9.10. The molecule has 0 unspecified atom stereocenters. The number of benzene rings is 2. The van der Waals surface area contributed by atoms with E-state index in [-0.39, 0.29) is 10.9 Å². The van der Waals surface area contributed by atoms with E-state index >= 15 is 0 Å². The van der Waals surface area contributed by atoms with E-state index in [0.717, 1.165) is 15.7 Å². The quantitative estimate of drug-likeness (QED) is 0.710. The molecule has 0 saturated carbocycles. The van der Waals surface area contributed by atoms with Crippen LogP contribution in [0.2, 0.25) is 5.02 Å².